The molecule has 0 aliphatic heterocycles. The van der Waals surface area contributed by atoms with E-state index < -0.39 is 5.97 Å². The first-order chi connectivity index (χ1) is 15.5. The second-order valence-corrected chi connectivity index (χ2v) is 7.33. The fraction of sp³-hybridized carbons (Fsp3) is 0.385. The quantitative estimate of drug-likeness (QED) is 0.214. The van der Waals surface area contributed by atoms with Crippen LogP contribution < -0.4 is 10.2 Å². The summed E-state index contributed by atoms with van der Waals surface area (Å²) >= 11 is 0. The summed E-state index contributed by atoms with van der Waals surface area (Å²) < 4.78 is 10.5. The van der Waals surface area contributed by atoms with Crippen molar-refractivity contribution in [1.29, 1.82) is 0 Å². The molecule has 0 heterocycles. The maximum absolute atomic E-state index is 12.4. The van der Waals surface area contributed by atoms with Gasteiger partial charge < -0.3 is 14.8 Å². The van der Waals surface area contributed by atoms with Crippen molar-refractivity contribution in [3.8, 4) is 11.1 Å². The number of carbonyl (C=O) groups is 2. The summed E-state index contributed by atoms with van der Waals surface area (Å²) in [5.74, 6) is -0.280. The molecule has 172 valence electrons. The fourth-order valence-electron chi connectivity index (χ4n) is 3.14. The SMILES string of the molecule is CCCCCNC(=O)N(C)c1cccc(-c2ccc(/C=C(/OCC)C(=O)OCC)cc2)c1. The Bertz CT molecular complexity index is 906. The minimum atomic E-state index is -0.470. The van der Waals surface area contributed by atoms with Gasteiger partial charge in [0, 0.05) is 19.3 Å². The number of hydrogen-bond donors (Lipinski definition) is 1. The van der Waals surface area contributed by atoms with Crippen molar-refractivity contribution in [3.05, 3.63) is 59.9 Å². The van der Waals surface area contributed by atoms with Gasteiger partial charge >= 0.3 is 12.0 Å². The number of urea groups is 1. The predicted octanol–water partition coefficient (Wildman–Crippen LogP) is 5.63. The normalized spacial score (nSPS) is 11.1. The lowest BCUT2D eigenvalue weighted by atomic mass is 10.0. The average Bonchev–Trinajstić information content (AvgIpc) is 2.81. The molecule has 2 amide bonds. The standard InChI is InChI=1S/C26H34N2O4/c1-5-8-9-17-27-26(30)28(4)23-12-10-11-22(19-23)21-15-13-20(14-16-21)18-24(31-6-2)25(29)32-7-3/h10-16,18-19H,5-9,17H2,1-4H3,(H,27,30)/b24-18+. The lowest BCUT2D eigenvalue weighted by Crippen LogP contribution is -2.37. The number of nitrogens with one attached hydrogen (secondary N) is 1. The molecule has 6 nitrogen and oxygen atoms in total. The Morgan fingerprint density at radius 2 is 1.66 bits per heavy atom. The van der Waals surface area contributed by atoms with Gasteiger partial charge in [-0.1, -0.05) is 56.2 Å². The molecule has 1 N–H and O–H groups in total. The molecule has 0 radical (unpaired) electrons. The van der Waals surface area contributed by atoms with Crippen molar-refractivity contribution in [3.63, 3.8) is 0 Å². The fourth-order valence-corrected chi connectivity index (χ4v) is 3.14. The molecule has 0 aliphatic rings. The first kappa shape index (κ1) is 25.0. The number of nitrogens with zero attached hydrogens (tertiary/aromatic N) is 1. The van der Waals surface area contributed by atoms with Crippen molar-refractivity contribution < 1.29 is 19.1 Å². The summed E-state index contributed by atoms with van der Waals surface area (Å²) in [4.78, 5) is 26.1. The lowest BCUT2D eigenvalue weighted by Gasteiger charge is -2.19. The van der Waals surface area contributed by atoms with E-state index in [9.17, 15) is 9.59 Å². The summed E-state index contributed by atoms with van der Waals surface area (Å²) in [7, 11) is 1.77. The Kier molecular flexibility index (Phi) is 10.3. The van der Waals surface area contributed by atoms with E-state index in [1.54, 1.807) is 24.9 Å². The molecular weight excluding hydrogens is 404 g/mol. The van der Waals surface area contributed by atoms with Gasteiger partial charge in [0.05, 0.1) is 13.2 Å². The van der Waals surface area contributed by atoms with Crippen molar-refractivity contribution in [2.45, 2.75) is 40.0 Å². The third-order valence-electron chi connectivity index (χ3n) is 4.91. The van der Waals surface area contributed by atoms with Gasteiger partial charge in [0.1, 0.15) is 0 Å². The molecule has 0 aliphatic carbocycles. The van der Waals surface area contributed by atoms with Crippen LogP contribution >= 0.6 is 0 Å². The highest BCUT2D eigenvalue weighted by molar-refractivity contribution is 5.92. The summed E-state index contributed by atoms with van der Waals surface area (Å²) in [6, 6.07) is 15.5. The van der Waals surface area contributed by atoms with Crippen LogP contribution in [0.3, 0.4) is 0 Å². The molecule has 0 saturated heterocycles. The van der Waals surface area contributed by atoms with Gasteiger partial charge in [-0.2, -0.15) is 0 Å². The molecule has 0 fully saturated rings. The van der Waals surface area contributed by atoms with Crippen molar-refractivity contribution in [2.75, 3.05) is 31.7 Å². The molecule has 2 rings (SSSR count). The molecule has 0 unspecified atom stereocenters. The first-order valence-electron chi connectivity index (χ1n) is 11.2. The van der Waals surface area contributed by atoms with Gasteiger partial charge in [0.15, 0.2) is 0 Å². The number of unbranched alkanes of at least 4 members (excludes halogenated alkanes) is 2. The third kappa shape index (κ3) is 7.45. The Morgan fingerprint density at radius 3 is 2.31 bits per heavy atom. The van der Waals surface area contributed by atoms with Gasteiger partial charge in [-0.15, -0.1) is 0 Å². The van der Waals surface area contributed by atoms with E-state index in [-0.39, 0.29) is 11.8 Å². The Balaban J connectivity index is 2.13. The highest BCUT2D eigenvalue weighted by Gasteiger charge is 2.13. The summed E-state index contributed by atoms with van der Waals surface area (Å²) in [6.07, 6.45) is 4.89. The smallest absolute Gasteiger partial charge is 0.373 e. The highest BCUT2D eigenvalue weighted by Crippen LogP contribution is 2.25. The molecule has 0 saturated carbocycles. The number of benzene rings is 2. The van der Waals surface area contributed by atoms with Gasteiger partial charge in [0.25, 0.3) is 0 Å². The molecule has 2 aromatic carbocycles. The van der Waals surface area contributed by atoms with E-state index in [1.165, 1.54) is 0 Å². The topological polar surface area (TPSA) is 67.9 Å². The van der Waals surface area contributed by atoms with Crippen LogP contribution in [0, 0.1) is 0 Å². The number of ether oxygens (including phenoxy) is 2. The van der Waals surface area contributed by atoms with Crippen molar-refractivity contribution >= 4 is 23.8 Å². The van der Waals surface area contributed by atoms with Crippen LogP contribution in [0.1, 0.15) is 45.6 Å². The van der Waals surface area contributed by atoms with E-state index in [1.807, 2.05) is 55.5 Å². The second-order valence-electron chi connectivity index (χ2n) is 7.33. The molecular formula is C26H34N2O4. The Morgan fingerprint density at radius 1 is 0.938 bits per heavy atom. The zero-order valence-corrected chi connectivity index (χ0v) is 19.5. The molecule has 0 spiro atoms. The zero-order valence-electron chi connectivity index (χ0n) is 19.5. The van der Waals surface area contributed by atoms with E-state index in [2.05, 4.69) is 12.2 Å². The molecule has 0 aromatic heterocycles. The zero-order chi connectivity index (χ0) is 23.3. The van der Waals surface area contributed by atoms with Crippen LogP contribution in [0.25, 0.3) is 17.2 Å². The first-order valence-corrected chi connectivity index (χ1v) is 11.2. The largest absolute Gasteiger partial charge is 0.487 e. The maximum Gasteiger partial charge on any atom is 0.373 e. The highest BCUT2D eigenvalue weighted by atomic mass is 16.6. The van der Waals surface area contributed by atoms with Crippen LogP contribution in [-0.2, 0) is 14.3 Å². The van der Waals surface area contributed by atoms with Gasteiger partial charge in [-0.25, -0.2) is 9.59 Å². The van der Waals surface area contributed by atoms with Crippen LogP contribution in [0.15, 0.2) is 54.3 Å². The van der Waals surface area contributed by atoms with E-state index >= 15 is 0 Å². The van der Waals surface area contributed by atoms with Gasteiger partial charge in [-0.3, -0.25) is 4.90 Å². The number of anilines is 1. The lowest BCUT2D eigenvalue weighted by molar-refractivity contribution is -0.142. The minimum absolute atomic E-state index is 0.110. The van der Waals surface area contributed by atoms with Crippen LogP contribution in [-0.4, -0.2) is 38.8 Å². The third-order valence-corrected chi connectivity index (χ3v) is 4.91. The molecule has 32 heavy (non-hydrogen) atoms. The van der Waals surface area contributed by atoms with Crippen molar-refractivity contribution in [2.24, 2.45) is 0 Å². The van der Waals surface area contributed by atoms with Crippen LogP contribution in [0.5, 0.6) is 0 Å². The number of carbonyl (C=O) groups excluding carboxylic acids is 2. The molecule has 0 atom stereocenters. The molecule has 2 aromatic rings. The van der Waals surface area contributed by atoms with E-state index in [0.29, 0.717) is 19.8 Å². The summed E-state index contributed by atoms with van der Waals surface area (Å²) in [5, 5.41) is 2.96. The number of amides is 2. The summed E-state index contributed by atoms with van der Waals surface area (Å²) in [6.45, 7) is 7.09. The molecule has 6 heteroatoms. The number of esters is 1. The minimum Gasteiger partial charge on any atom is -0.487 e. The van der Waals surface area contributed by atoms with Crippen LogP contribution in [0.4, 0.5) is 10.5 Å². The average molecular weight is 439 g/mol. The monoisotopic (exact) mass is 438 g/mol. The maximum atomic E-state index is 12.4. The van der Waals surface area contributed by atoms with Gasteiger partial charge in [-0.05, 0) is 55.2 Å². The van der Waals surface area contributed by atoms with Gasteiger partial charge in [0.2, 0.25) is 5.76 Å². The number of hydrogen-bond acceptors (Lipinski definition) is 4. The Hall–Kier alpha value is -3.28. The van der Waals surface area contributed by atoms with E-state index in [4.69, 9.17) is 9.47 Å². The van der Waals surface area contributed by atoms with E-state index in [0.717, 1.165) is 41.6 Å². The number of rotatable bonds is 11. The van der Waals surface area contributed by atoms with Crippen LogP contribution in [0.2, 0.25) is 0 Å². The predicted molar refractivity (Wildman–Crippen MR) is 129 cm³/mol. The van der Waals surface area contributed by atoms with Crippen molar-refractivity contribution in [1.82, 2.24) is 5.32 Å². The second kappa shape index (κ2) is 13.2. The summed E-state index contributed by atoms with van der Waals surface area (Å²) in [5.41, 5.74) is 3.67. The molecule has 0 bridgehead atoms. The Labute approximate surface area is 191 Å².